The second-order valence-electron chi connectivity index (χ2n) is 6.69. The van der Waals surface area contributed by atoms with Crippen molar-refractivity contribution >= 4 is 22.4 Å². The zero-order valence-electron chi connectivity index (χ0n) is 17.7. The molecule has 2 aromatic carbocycles. The van der Waals surface area contributed by atoms with Crippen LogP contribution >= 0.6 is 11.3 Å². The molecule has 8 heteroatoms. The number of benzene rings is 2. The Balaban J connectivity index is 1.50. The molecule has 3 rings (SSSR count). The van der Waals surface area contributed by atoms with Crippen molar-refractivity contribution in [2.45, 2.75) is 13.1 Å². The van der Waals surface area contributed by atoms with Gasteiger partial charge in [0.15, 0.2) is 22.6 Å². The van der Waals surface area contributed by atoms with E-state index in [2.05, 4.69) is 26.0 Å². The molecule has 0 saturated heterocycles. The van der Waals surface area contributed by atoms with E-state index in [1.54, 1.807) is 25.5 Å². The first kappa shape index (κ1) is 21.4. The van der Waals surface area contributed by atoms with Crippen molar-refractivity contribution in [2.75, 3.05) is 33.2 Å². The summed E-state index contributed by atoms with van der Waals surface area (Å²) in [5, 5.41) is 9.65. The van der Waals surface area contributed by atoms with Gasteiger partial charge in [0.25, 0.3) is 0 Å². The van der Waals surface area contributed by atoms with Crippen LogP contribution in [0.25, 0.3) is 0 Å². The number of aliphatic imine (C=N–C) groups is 1. The van der Waals surface area contributed by atoms with Crippen molar-refractivity contribution in [3.8, 4) is 17.2 Å². The summed E-state index contributed by atoms with van der Waals surface area (Å²) in [7, 11) is 7.37. The van der Waals surface area contributed by atoms with E-state index in [4.69, 9.17) is 9.47 Å². The second kappa shape index (κ2) is 10.5. The van der Waals surface area contributed by atoms with Crippen LogP contribution in [0.2, 0.25) is 0 Å². The number of methoxy groups -OCH3 is 1. The third-order valence-electron chi connectivity index (χ3n) is 4.26. The number of nitrogens with one attached hydrogen (secondary N) is 2. The number of anilines is 1. The van der Waals surface area contributed by atoms with Gasteiger partial charge in [-0.05, 0) is 29.8 Å². The molecule has 0 unspecified atom stereocenters. The minimum absolute atomic E-state index is 0.621. The summed E-state index contributed by atoms with van der Waals surface area (Å²) in [6.07, 6.45) is 0. The lowest BCUT2D eigenvalue weighted by molar-refractivity contribution is 0.379. The molecule has 0 spiro atoms. The molecule has 0 atom stereocenters. The fraction of sp³-hybridized carbons (Fsp3) is 0.273. The molecule has 158 valence electrons. The van der Waals surface area contributed by atoms with E-state index in [0.717, 1.165) is 28.1 Å². The van der Waals surface area contributed by atoms with Crippen LogP contribution in [0.3, 0.4) is 0 Å². The molecule has 1 heterocycles. The first-order valence-electron chi connectivity index (χ1n) is 9.55. The fourth-order valence-electron chi connectivity index (χ4n) is 2.67. The molecule has 7 nitrogen and oxygen atoms in total. The molecule has 0 saturated carbocycles. The van der Waals surface area contributed by atoms with Crippen LogP contribution in [0.15, 0.2) is 58.9 Å². The SMILES string of the molecule is CN=C(NCc1ccc(Oc2ccccc2OC)cc1)NCc1csc(N(C)C)n1. The van der Waals surface area contributed by atoms with Gasteiger partial charge in [0.2, 0.25) is 0 Å². The Hall–Kier alpha value is -3.26. The zero-order chi connectivity index (χ0) is 21.3. The Morgan fingerprint density at radius 1 is 1.03 bits per heavy atom. The standard InChI is InChI=1S/C22H27N5O2S/c1-23-21(25-14-17-15-30-22(26-17)27(2)3)24-13-16-9-11-18(12-10-16)29-20-8-6-5-7-19(20)28-4/h5-12,15H,13-14H2,1-4H3,(H2,23,24,25). The number of ether oxygens (including phenoxy) is 2. The highest BCUT2D eigenvalue weighted by Gasteiger charge is 2.06. The highest BCUT2D eigenvalue weighted by Crippen LogP contribution is 2.30. The molecule has 2 N–H and O–H groups in total. The molecular weight excluding hydrogens is 398 g/mol. The Morgan fingerprint density at radius 2 is 1.73 bits per heavy atom. The monoisotopic (exact) mass is 425 g/mol. The van der Waals surface area contributed by atoms with Gasteiger partial charge in [-0.1, -0.05) is 24.3 Å². The average molecular weight is 426 g/mol. The van der Waals surface area contributed by atoms with Crippen LogP contribution in [0.5, 0.6) is 17.2 Å². The van der Waals surface area contributed by atoms with Crippen LogP contribution < -0.4 is 25.0 Å². The quantitative estimate of drug-likeness (QED) is 0.422. The maximum absolute atomic E-state index is 5.92. The molecule has 0 fully saturated rings. The van der Waals surface area contributed by atoms with Crippen LogP contribution in [0.4, 0.5) is 5.13 Å². The minimum atomic E-state index is 0.621. The number of thiazole rings is 1. The number of hydrogen-bond donors (Lipinski definition) is 2. The molecule has 0 amide bonds. The predicted octanol–water partition coefficient (Wildman–Crippen LogP) is 3.88. The third kappa shape index (κ3) is 5.87. The summed E-state index contributed by atoms with van der Waals surface area (Å²) in [5.41, 5.74) is 2.11. The topological polar surface area (TPSA) is 71.0 Å². The zero-order valence-corrected chi connectivity index (χ0v) is 18.5. The molecule has 0 aliphatic rings. The minimum Gasteiger partial charge on any atom is -0.493 e. The summed E-state index contributed by atoms with van der Waals surface area (Å²) < 4.78 is 11.2. The number of hydrogen-bond acceptors (Lipinski definition) is 6. The van der Waals surface area contributed by atoms with Crippen LogP contribution in [-0.2, 0) is 13.1 Å². The van der Waals surface area contributed by atoms with Gasteiger partial charge < -0.3 is 25.0 Å². The normalized spacial score (nSPS) is 11.1. The summed E-state index contributed by atoms with van der Waals surface area (Å²) in [5.74, 6) is 2.88. The third-order valence-corrected chi connectivity index (χ3v) is 5.32. The summed E-state index contributed by atoms with van der Waals surface area (Å²) in [6, 6.07) is 15.5. The maximum atomic E-state index is 5.92. The molecule has 0 aliphatic carbocycles. The lowest BCUT2D eigenvalue weighted by atomic mass is 10.2. The first-order chi connectivity index (χ1) is 14.6. The molecule has 0 aliphatic heterocycles. The number of aromatic nitrogens is 1. The van der Waals surface area contributed by atoms with Gasteiger partial charge in [0.05, 0.1) is 19.3 Å². The number of nitrogens with zero attached hydrogens (tertiary/aromatic N) is 3. The van der Waals surface area contributed by atoms with Crippen molar-refractivity contribution in [1.82, 2.24) is 15.6 Å². The van der Waals surface area contributed by atoms with Crippen LogP contribution in [0, 0.1) is 0 Å². The number of guanidine groups is 1. The number of para-hydroxylation sites is 2. The van der Waals surface area contributed by atoms with Crippen molar-refractivity contribution in [1.29, 1.82) is 0 Å². The molecule has 3 aromatic rings. The molecule has 0 radical (unpaired) electrons. The van der Waals surface area contributed by atoms with Crippen LogP contribution in [-0.4, -0.2) is 39.2 Å². The van der Waals surface area contributed by atoms with Gasteiger partial charge in [-0.2, -0.15) is 0 Å². The lowest BCUT2D eigenvalue weighted by Gasteiger charge is -2.12. The summed E-state index contributed by atoms with van der Waals surface area (Å²) in [4.78, 5) is 10.8. The number of rotatable bonds is 8. The van der Waals surface area contributed by atoms with E-state index in [1.165, 1.54) is 0 Å². The maximum Gasteiger partial charge on any atom is 0.191 e. The van der Waals surface area contributed by atoms with Gasteiger partial charge in [-0.15, -0.1) is 11.3 Å². The first-order valence-corrected chi connectivity index (χ1v) is 10.4. The van der Waals surface area contributed by atoms with Gasteiger partial charge in [-0.25, -0.2) is 4.98 Å². The molecule has 30 heavy (non-hydrogen) atoms. The fourth-order valence-corrected chi connectivity index (χ4v) is 3.43. The van der Waals surface area contributed by atoms with E-state index in [1.807, 2.05) is 67.5 Å². The smallest absolute Gasteiger partial charge is 0.191 e. The largest absolute Gasteiger partial charge is 0.493 e. The summed E-state index contributed by atoms with van der Waals surface area (Å²) >= 11 is 1.63. The van der Waals surface area contributed by atoms with Crippen molar-refractivity contribution < 1.29 is 9.47 Å². The van der Waals surface area contributed by atoms with Gasteiger partial charge in [-0.3, -0.25) is 4.99 Å². The van der Waals surface area contributed by atoms with Gasteiger partial charge in [0, 0.05) is 33.1 Å². The van der Waals surface area contributed by atoms with E-state index in [-0.39, 0.29) is 0 Å². The highest BCUT2D eigenvalue weighted by atomic mass is 32.1. The van der Waals surface area contributed by atoms with Crippen LogP contribution in [0.1, 0.15) is 11.3 Å². The average Bonchev–Trinajstić information content (AvgIpc) is 3.25. The van der Waals surface area contributed by atoms with E-state index < -0.39 is 0 Å². The second-order valence-corrected chi connectivity index (χ2v) is 7.53. The van der Waals surface area contributed by atoms with E-state index in [0.29, 0.717) is 24.6 Å². The molecule has 1 aromatic heterocycles. The Kier molecular flexibility index (Phi) is 7.51. The predicted molar refractivity (Wildman–Crippen MR) is 123 cm³/mol. The Labute approximate surface area is 181 Å². The van der Waals surface area contributed by atoms with E-state index in [9.17, 15) is 0 Å². The molecule has 0 bridgehead atoms. The lowest BCUT2D eigenvalue weighted by Crippen LogP contribution is -2.36. The van der Waals surface area contributed by atoms with Gasteiger partial charge >= 0.3 is 0 Å². The Bertz CT molecular complexity index is 970. The molecular formula is C22H27N5O2S. The van der Waals surface area contributed by atoms with Crippen molar-refractivity contribution in [2.24, 2.45) is 4.99 Å². The van der Waals surface area contributed by atoms with E-state index >= 15 is 0 Å². The highest BCUT2D eigenvalue weighted by molar-refractivity contribution is 7.13. The Morgan fingerprint density at radius 3 is 2.37 bits per heavy atom. The van der Waals surface area contributed by atoms with Crippen molar-refractivity contribution in [3.63, 3.8) is 0 Å². The summed E-state index contributed by atoms with van der Waals surface area (Å²) in [6.45, 7) is 1.27. The van der Waals surface area contributed by atoms with Gasteiger partial charge in [0.1, 0.15) is 5.75 Å². The van der Waals surface area contributed by atoms with Crippen molar-refractivity contribution in [3.05, 3.63) is 65.2 Å².